The molecule has 0 saturated carbocycles. The van der Waals surface area contributed by atoms with Gasteiger partial charge >= 0.3 is 0 Å². The lowest BCUT2D eigenvalue weighted by Crippen LogP contribution is -2.24. The van der Waals surface area contributed by atoms with Crippen LogP contribution in [0.15, 0.2) is 36.9 Å². The number of hydrogen-bond acceptors (Lipinski definition) is 6. The third-order valence-electron chi connectivity index (χ3n) is 4.80. The zero-order valence-corrected chi connectivity index (χ0v) is 18.5. The Morgan fingerprint density at radius 3 is 2.84 bits per heavy atom. The largest absolute Gasteiger partial charge is 0.345 e. The summed E-state index contributed by atoms with van der Waals surface area (Å²) in [6.45, 7) is 9.08. The van der Waals surface area contributed by atoms with Crippen LogP contribution in [-0.2, 0) is 26.6 Å². The number of pyridine rings is 1. The van der Waals surface area contributed by atoms with E-state index < -0.39 is 5.82 Å². The van der Waals surface area contributed by atoms with Crippen LogP contribution in [0, 0.1) is 5.82 Å². The first kappa shape index (κ1) is 22.5. The van der Waals surface area contributed by atoms with Crippen LogP contribution in [0.2, 0.25) is 0 Å². The number of likely N-dealkylation sites (N-methyl/N-ethyl adjacent to an activating group) is 1. The molecule has 31 heavy (non-hydrogen) atoms. The van der Waals surface area contributed by atoms with Gasteiger partial charge < -0.3 is 9.88 Å². The quantitative estimate of drug-likeness (QED) is 0.524. The maximum atomic E-state index is 13.6. The molecule has 162 valence electrons. The highest BCUT2D eigenvalue weighted by Crippen LogP contribution is 2.15. The van der Waals surface area contributed by atoms with E-state index in [-0.39, 0.29) is 18.1 Å². The van der Waals surface area contributed by atoms with Gasteiger partial charge in [0, 0.05) is 31.6 Å². The van der Waals surface area contributed by atoms with Crippen molar-refractivity contribution >= 4 is 29.4 Å². The summed E-state index contributed by atoms with van der Waals surface area (Å²) in [5.74, 6) is 0.133. The van der Waals surface area contributed by atoms with Gasteiger partial charge in [-0.15, -0.1) is 11.3 Å². The molecular formula is C22H25FN6OS. The van der Waals surface area contributed by atoms with E-state index in [4.69, 9.17) is 0 Å². The monoisotopic (exact) mass is 440 g/mol. The molecule has 3 rings (SSSR count). The number of nitrogens with zero attached hydrogens (tertiary/aromatic N) is 5. The smallest absolute Gasteiger partial charge is 0.271 e. The van der Waals surface area contributed by atoms with E-state index in [1.807, 2.05) is 18.7 Å². The summed E-state index contributed by atoms with van der Waals surface area (Å²) in [5.41, 5.74) is 2.29. The van der Waals surface area contributed by atoms with Gasteiger partial charge in [-0.05, 0) is 31.3 Å². The average Bonchev–Trinajstić information content (AvgIpc) is 3.36. The maximum absolute atomic E-state index is 13.6. The lowest BCUT2D eigenvalue weighted by atomic mass is 10.3. The van der Waals surface area contributed by atoms with Crippen molar-refractivity contribution in [1.29, 1.82) is 0 Å². The summed E-state index contributed by atoms with van der Waals surface area (Å²) < 4.78 is 15.6. The fourth-order valence-corrected chi connectivity index (χ4v) is 3.82. The van der Waals surface area contributed by atoms with Crippen LogP contribution in [0.3, 0.4) is 0 Å². The van der Waals surface area contributed by atoms with Crippen LogP contribution in [0.5, 0.6) is 0 Å². The van der Waals surface area contributed by atoms with Gasteiger partial charge in [-0.25, -0.2) is 14.4 Å². The zero-order chi connectivity index (χ0) is 22.4. The molecule has 0 aliphatic heterocycles. The molecule has 3 aromatic heterocycles. The zero-order valence-electron chi connectivity index (χ0n) is 17.6. The van der Waals surface area contributed by atoms with Crippen LogP contribution in [-0.4, -0.2) is 43.9 Å². The lowest BCUT2D eigenvalue weighted by Gasteiger charge is -2.15. The molecule has 0 bridgehead atoms. The SMILES string of the molecule is C=Cc1nc(CN(C)CCc2nc(C(=O)NCc3ncccc3F)cs2)n(C)c1C=C. The van der Waals surface area contributed by atoms with Crippen LogP contribution in [0.25, 0.3) is 12.2 Å². The first-order valence-corrected chi connectivity index (χ1v) is 10.6. The number of aromatic nitrogens is 4. The molecule has 1 amide bonds. The Hall–Kier alpha value is -3.17. The van der Waals surface area contributed by atoms with Crippen LogP contribution in [0.1, 0.15) is 38.4 Å². The highest BCUT2D eigenvalue weighted by Gasteiger charge is 2.14. The minimum absolute atomic E-state index is 0.0180. The molecule has 0 aliphatic rings. The van der Waals surface area contributed by atoms with Crippen LogP contribution in [0.4, 0.5) is 4.39 Å². The molecule has 0 aromatic carbocycles. The Kier molecular flexibility index (Phi) is 7.43. The second-order valence-corrected chi connectivity index (χ2v) is 7.94. The number of carbonyl (C=O) groups is 1. The summed E-state index contributed by atoms with van der Waals surface area (Å²) in [6, 6.07) is 2.82. The van der Waals surface area contributed by atoms with Gasteiger partial charge in [-0.1, -0.05) is 13.2 Å². The Bertz CT molecular complexity index is 1090. The number of hydrogen-bond donors (Lipinski definition) is 1. The summed E-state index contributed by atoms with van der Waals surface area (Å²) in [4.78, 5) is 27.4. The predicted molar refractivity (Wildman–Crippen MR) is 121 cm³/mol. The van der Waals surface area contributed by atoms with Gasteiger partial charge in [0.05, 0.1) is 35.2 Å². The number of amides is 1. The van der Waals surface area contributed by atoms with Crippen molar-refractivity contribution in [2.45, 2.75) is 19.5 Å². The van der Waals surface area contributed by atoms with Crippen molar-refractivity contribution < 1.29 is 9.18 Å². The molecular weight excluding hydrogens is 415 g/mol. The Labute approximate surface area is 185 Å². The van der Waals surface area contributed by atoms with E-state index in [0.29, 0.717) is 18.7 Å². The predicted octanol–water partition coefficient (Wildman–Crippen LogP) is 3.30. The molecule has 9 heteroatoms. The number of rotatable bonds is 10. The van der Waals surface area contributed by atoms with E-state index in [1.54, 1.807) is 17.5 Å². The van der Waals surface area contributed by atoms with Gasteiger partial charge in [0.15, 0.2) is 0 Å². The number of nitrogens with one attached hydrogen (secondary N) is 1. The highest BCUT2D eigenvalue weighted by molar-refractivity contribution is 7.09. The molecule has 0 unspecified atom stereocenters. The van der Waals surface area contributed by atoms with E-state index in [2.05, 4.69) is 38.3 Å². The van der Waals surface area contributed by atoms with E-state index in [9.17, 15) is 9.18 Å². The first-order chi connectivity index (χ1) is 14.9. The number of thiazole rings is 1. The summed E-state index contributed by atoms with van der Waals surface area (Å²) in [5, 5.41) is 5.23. The Morgan fingerprint density at radius 1 is 1.35 bits per heavy atom. The molecule has 0 saturated heterocycles. The molecule has 7 nitrogen and oxygen atoms in total. The maximum Gasteiger partial charge on any atom is 0.271 e. The number of carbonyl (C=O) groups excluding carboxylic acids is 1. The van der Waals surface area contributed by atoms with Crippen molar-refractivity contribution in [1.82, 2.24) is 29.7 Å². The summed E-state index contributed by atoms with van der Waals surface area (Å²) >= 11 is 1.43. The third kappa shape index (κ3) is 5.50. The molecule has 0 radical (unpaired) electrons. The van der Waals surface area contributed by atoms with Crippen LogP contribution >= 0.6 is 11.3 Å². The van der Waals surface area contributed by atoms with Gasteiger partial charge in [0.2, 0.25) is 0 Å². The summed E-state index contributed by atoms with van der Waals surface area (Å²) in [6.07, 6.45) is 5.70. The van der Waals surface area contributed by atoms with Gasteiger partial charge in [0.1, 0.15) is 17.3 Å². The fourth-order valence-electron chi connectivity index (χ4n) is 3.06. The van der Waals surface area contributed by atoms with E-state index in [0.717, 1.165) is 28.8 Å². The van der Waals surface area contributed by atoms with Gasteiger partial charge in [-0.2, -0.15) is 0 Å². The van der Waals surface area contributed by atoms with E-state index in [1.165, 1.54) is 29.7 Å². The fraction of sp³-hybridized carbons (Fsp3) is 0.273. The molecule has 0 spiro atoms. The Morgan fingerprint density at radius 2 is 2.16 bits per heavy atom. The normalized spacial score (nSPS) is 11.0. The molecule has 0 atom stereocenters. The average molecular weight is 441 g/mol. The van der Waals surface area contributed by atoms with Crippen molar-refractivity contribution in [3.8, 4) is 0 Å². The second-order valence-electron chi connectivity index (χ2n) is 6.99. The first-order valence-electron chi connectivity index (χ1n) is 9.74. The topological polar surface area (TPSA) is 75.9 Å². The van der Waals surface area contributed by atoms with Crippen LogP contribution < -0.4 is 5.32 Å². The lowest BCUT2D eigenvalue weighted by molar-refractivity contribution is 0.0945. The second kappa shape index (κ2) is 10.2. The highest BCUT2D eigenvalue weighted by atomic mass is 32.1. The molecule has 1 N–H and O–H groups in total. The Balaban J connectivity index is 1.52. The van der Waals surface area contributed by atoms with Crippen molar-refractivity contribution in [2.75, 3.05) is 13.6 Å². The van der Waals surface area contributed by atoms with Gasteiger partial charge in [0.25, 0.3) is 5.91 Å². The van der Waals surface area contributed by atoms with E-state index >= 15 is 0 Å². The minimum atomic E-state index is -0.446. The summed E-state index contributed by atoms with van der Waals surface area (Å²) in [7, 11) is 3.97. The molecule has 3 heterocycles. The third-order valence-corrected chi connectivity index (χ3v) is 5.71. The molecule has 0 aliphatic carbocycles. The molecule has 3 aromatic rings. The van der Waals surface area contributed by atoms with Crippen molar-refractivity contribution in [2.24, 2.45) is 7.05 Å². The van der Waals surface area contributed by atoms with Crippen molar-refractivity contribution in [3.63, 3.8) is 0 Å². The standard InChI is InChI=1S/C22H25FN6OS/c1-5-16-19(6-2)29(4)20(26-16)13-28(3)11-9-21-27-18(14-31-21)22(30)25-12-17-15(23)8-7-10-24-17/h5-8,10,14H,1-2,9,11-13H2,3-4H3,(H,25,30). The minimum Gasteiger partial charge on any atom is -0.345 e. The van der Waals surface area contributed by atoms with Gasteiger partial charge in [-0.3, -0.25) is 14.7 Å². The number of halogens is 1. The molecule has 0 fully saturated rings. The number of imidazole rings is 1. The van der Waals surface area contributed by atoms with Crippen molar-refractivity contribution in [3.05, 3.63) is 76.3 Å².